The highest BCUT2D eigenvalue weighted by atomic mass is 16.5. The van der Waals surface area contributed by atoms with Crippen molar-refractivity contribution >= 4 is 21.9 Å². The molecule has 2 aromatic heterocycles. The zero-order chi connectivity index (χ0) is 38.1. The molecule has 0 saturated carbocycles. The van der Waals surface area contributed by atoms with Crippen molar-refractivity contribution in [2.75, 3.05) is 48.8 Å². The fourth-order valence-corrected chi connectivity index (χ4v) is 5.31. The Labute approximate surface area is 304 Å². The zero-order valence-electron chi connectivity index (χ0n) is 29.4. The van der Waals surface area contributed by atoms with Crippen molar-refractivity contribution in [2.24, 2.45) is 0 Å². The molecule has 0 fully saturated rings. The van der Waals surface area contributed by atoms with E-state index in [2.05, 4.69) is 11.8 Å². The van der Waals surface area contributed by atoms with Crippen LogP contribution in [0.4, 0.5) is 0 Å². The van der Waals surface area contributed by atoms with Crippen molar-refractivity contribution < 1.29 is 47.1 Å². The van der Waals surface area contributed by atoms with Crippen molar-refractivity contribution in [3.8, 4) is 93.3 Å². The molecule has 1 N–H and O–H groups in total. The molecule has 0 aliphatic carbocycles. The van der Waals surface area contributed by atoms with Crippen molar-refractivity contribution in [1.29, 1.82) is 0 Å². The maximum Gasteiger partial charge on any atom is 0.197 e. The summed E-state index contributed by atoms with van der Waals surface area (Å²) in [4.78, 5) is 25.1. The van der Waals surface area contributed by atoms with Crippen LogP contribution in [0.1, 0.15) is 0 Å². The van der Waals surface area contributed by atoms with Gasteiger partial charge in [-0.1, -0.05) is 11.8 Å². The number of rotatable bonds is 11. The van der Waals surface area contributed by atoms with E-state index in [4.69, 9.17) is 54.8 Å². The van der Waals surface area contributed by atoms with Gasteiger partial charge in [-0.15, -0.1) is 12.8 Å². The highest BCUT2D eigenvalue weighted by molar-refractivity contribution is 5.87. The molecule has 0 saturated heterocycles. The Morgan fingerprint density at radius 2 is 0.981 bits per heavy atom. The van der Waals surface area contributed by atoms with Crippen LogP contribution in [0.15, 0.2) is 91.2 Å². The van der Waals surface area contributed by atoms with Gasteiger partial charge >= 0.3 is 0 Å². The molecule has 0 amide bonds. The summed E-state index contributed by atoms with van der Waals surface area (Å²) < 4.78 is 48.9. The summed E-state index contributed by atoms with van der Waals surface area (Å²) in [5, 5.41) is 10.5. The van der Waals surface area contributed by atoms with Crippen LogP contribution >= 0.6 is 0 Å². The largest absolute Gasteiger partial charge is 0.507 e. The molecule has 4 aromatic carbocycles. The Hall–Kier alpha value is -7.18. The number of ether oxygens (including phenoxy) is 7. The van der Waals surface area contributed by atoms with E-state index < -0.39 is 0 Å². The molecular formula is C41H34O12. The lowest BCUT2D eigenvalue weighted by Crippen LogP contribution is -2.04. The molecule has 0 unspecified atom stereocenters. The molecule has 0 atom stereocenters. The molecule has 0 bridgehead atoms. The SMILES string of the molecule is C#CCOc1cc(O)c2c(=O)cc(-c3ccc(OC)c(OC)c3)oc2c1.C#CCOc1cc(OC)c2c(=O)cc(-c3ccc(OC)c(OC)c3)oc2c1. The number of fused-ring (bicyclic) bond motifs is 2. The molecule has 6 aromatic rings. The second-order valence-corrected chi connectivity index (χ2v) is 10.9. The number of benzene rings is 4. The van der Waals surface area contributed by atoms with Crippen LogP contribution in [0.5, 0.6) is 46.0 Å². The Kier molecular flexibility index (Phi) is 11.7. The first-order chi connectivity index (χ1) is 25.7. The summed E-state index contributed by atoms with van der Waals surface area (Å²) >= 11 is 0. The molecule has 270 valence electrons. The average Bonchev–Trinajstić information content (AvgIpc) is 3.17. The molecule has 12 heteroatoms. The molecule has 6 rings (SSSR count). The van der Waals surface area contributed by atoms with Gasteiger partial charge in [0.25, 0.3) is 0 Å². The van der Waals surface area contributed by atoms with E-state index in [1.807, 2.05) is 0 Å². The van der Waals surface area contributed by atoms with Gasteiger partial charge in [-0.2, -0.15) is 0 Å². The number of phenols is 1. The highest BCUT2D eigenvalue weighted by Gasteiger charge is 2.17. The van der Waals surface area contributed by atoms with E-state index in [0.717, 1.165) is 0 Å². The molecule has 0 aliphatic heterocycles. The lowest BCUT2D eigenvalue weighted by molar-refractivity contribution is 0.355. The van der Waals surface area contributed by atoms with E-state index in [1.54, 1.807) is 55.6 Å². The second-order valence-electron chi connectivity index (χ2n) is 10.9. The predicted octanol–water partition coefficient (Wildman–Crippen LogP) is 6.69. The smallest absolute Gasteiger partial charge is 0.197 e. The summed E-state index contributed by atoms with van der Waals surface area (Å²) in [6.07, 6.45) is 10.4. The van der Waals surface area contributed by atoms with E-state index in [9.17, 15) is 14.7 Å². The van der Waals surface area contributed by atoms with Gasteiger partial charge < -0.3 is 47.1 Å². The van der Waals surface area contributed by atoms with E-state index in [1.165, 1.54) is 52.7 Å². The third-order valence-corrected chi connectivity index (χ3v) is 7.75. The van der Waals surface area contributed by atoms with Gasteiger partial charge in [0.1, 0.15) is 69.7 Å². The first-order valence-corrected chi connectivity index (χ1v) is 15.7. The van der Waals surface area contributed by atoms with Crippen molar-refractivity contribution in [2.45, 2.75) is 0 Å². The van der Waals surface area contributed by atoms with Crippen LogP contribution in [0.2, 0.25) is 0 Å². The van der Waals surface area contributed by atoms with Gasteiger partial charge in [0.15, 0.2) is 33.9 Å². The molecule has 12 nitrogen and oxygen atoms in total. The maximum absolute atomic E-state index is 12.7. The first kappa shape index (κ1) is 37.1. The minimum absolute atomic E-state index is 0.0323. The lowest BCUT2D eigenvalue weighted by atomic mass is 10.1. The van der Waals surface area contributed by atoms with Crippen molar-refractivity contribution in [3.05, 3.63) is 93.2 Å². The summed E-state index contributed by atoms with van der Waals surface area (Å²) in [5.41, 5.74) is 1.20. The van der Waals surface area contributed by atoms with Crippen molar-refractivity contribution in [3.63, 3.8) is 0 Å². The maximum atomic E-state index is 12.7. The minimum atomic E-state index is -0.378. The Morgan fingerprint density at radius 3 is 1.43 bits per heavy atom. The normalized spacial score (nSPS) is 10.3. The van der Waals surface area contributed by atoms with Crippen LogP contribution in [-0.4, -0.2) is 53.9 Å². The number of phenolic OH excluding ortho intramolecular Hbond substituents is 1. The molecule has 0 aliphatic rings. The fraction of sp³-hybridized carbons (Fsp3) is 0.171. The number of hydrogen-bond acceptors (Lipinski definition) is 12. The Balaban J connectivity index is 0.000000204. The fourth-order valence-electron chi connectivity index (χ4n) is 5.31. The highest BCUT2D eigenvalue weighted by Crippen LogP contribution is 2.37. The Morgan fingerprint density at radius 1 is 0.547 bits per heavy atom. The molecule has 53 heavy (non-hydrogen) atoms. The van der Waals surface area contributed by atoms with E-state index in [-0.39, 0.29) is 40.8 Å². The average molecular weight is 719 g/mol. The van der Waals surface area contributed by atoms with Gasteiger partial charge in [-0.05, 0) is 36.4 Å². The Bertz CT molecular complexity index is 2480. The number of terminal acetylenes is 2. The first-order valence-electron chi connectivity index (χ1n) is 15.7. The molecule has 0 spiro atoms. The molecular weight excluding hydrogens is 684 g/mol. The predicted molar refractivity (Wildman–Crippen MR) is 199 cm³/mol. The van der Waals surface area contributed by atoms with Gasteiger partial charge in [0, 0.05) is 47.5 Å². The third kappa shape index (κ3) is 8.08. The number of hydrogen-bond donors (Lipinski definition) is 1. The van der Waals surface area contributed by atoms with Crippen LogP contribution in [0, 0.1) is 24.7 Å². The number of aromatic hydroxyl groups is 1. The molecule has 0 radical (unpaired) electrons. The van der Waals surface area contributed by atoms with Gasteiger partial charge in [0.2, 0.25) is 0 Å². The standard InChI is InChI=1S/C21H18O6.C20H16O6/c1-5-8-26-14-10-19(25-4)21-15(22)12-17(27-20(21)11-14)13-6-7-16(23-2)18(9-13)24-3;1-4-7-25-13-9-14(21)20-15(22)11-17(26-19(20)10-13)12-5-6-16(23-2)18(8-12)24-3/h1,6-7,9-12H,8H2,2-4H3;1,5-6,8-11,21H,7H2,2-3H3. The van der Waals surface area contributed by atoms with Gasteiger partial charge in [-0.3, -0.25) is 9.59 Å². The van der Waals surface area contributed by atoms with Crippen molar-refractivity contribution in [1.82, 2.24) is 0 Å². The van der Waals surface area contributed by atoms with Crippen LogP contribution in [0.25, 0.3) is 44.6 Å². The second kappa shape index (κ2) is 16.7. The molecule has 2 heterocycles. The van der Waals surface area contributed by atoms with Crippen LogP contribution < -0.4 is 44.0 Å². The minimum Gasteiger partial charge on any atom is -0.507 e. The monoisotopic (exact) mass is 718 g/mol. The topological polar surface area (TPSA) is 145 Å². The third-order valence-electron chi connectivity index (χ3n) is 7.75. The summed E-state index contributed by atoms with van der Waals surface area (Å²) in [5.74, 6) is 8.46. The number of methoxy groups -OCH3 is 5. The zero-order valence-corrected chi connectivity index (χ0v) is 29.4. The van der Waals surface area contributed by atoms with Gasteiger partial charge in [0.05, 0.1) is 35.5 Å². The quantitative estimate of drug-likeness (QED) is 0.142. The summed E-state index contributed by atoms with van der Waals surface area (Å²) in [6.45, 7) is 0.124. The summed E-state index contributed by atoms with van der Waals surface area (Å²) in [6, 6.07) is 19.2. The van der Waals surface area contributed by atoms with Crippen LogP contribution in [-0.2, 0) is 0 Å². The lowest BCUT2D eigenvalue weighted by Gasteiger charge is -2.11. The van der Waals surface area contributed by atoms with Crippen LogP contribution in [0.3, 0.4) is 0 Å². The van der Waals surface area contributed by atoms with E-state index in [0.29, 0.717) is 73.9 Å². The summed E-state index contributed by atoms with van der Waals surface area (Å²) in [7, 11) is 7.62. The van der Waals surface area contributed by atoms with Gasteiger partial charge in [-0.25, -0.2) is 0 Å². The van der Waals surface area contributed by atoms with E-state index >= 15 is 0 Å².